The first-order valence-corrected chi connectivity index (χ1v) is 8.86. The van der Waals surface area contributed by atoms with E-state index in [1.807, 2.05) is 0 Å². The van der Waals surface area contributed by atoms with E-state index in [4.69, 9.17) is 9.47 Å². The van der Waals surface area contributed by atoms with Crippen molar-refractivity contribution in [3.05, 3.63) is 29.8 Å². The highest BCUT2D eigenvalue weighted by atomic mass is 16.6. The zero-order chi connectivity index (χ0) is 16.3. The third kappa shape index (κ3) is 4.06. The maximum Gasteiger partial charge on any atom is 0.152 e. The Labute approximate surface area is 140 Å². The average Bonchev–Trinajstić information content (AvgIpc) is 3.04. The molecule has 2 unspecified atom stereocenters. The van der Waals surface area contributed by atoms with Crippen LogP contribution in [0.4, 0.5) is 0 Å². The SMILES string of the molecule is CNC(CN1CCCC1)C(C)c1ccc(OC2(C)COC2)cc1. The van der Waals surface area contributed by atoms with Crippen LogP contribution >= 0.6 is 0 Å². The molecule has 0 amide bonds. The zero-order valence-electron chi connectivity index (χ0n) is 14.7. The summed E-state index contributed by atoms with van der Waals surface area (Å²) in [6, 6.07) is 9.09. The van der Waals surface area contributed by atoms with Crippen molar-refractivity contribution in [2.75, 3.05) is 39.9 Å². The monoisotopic (exact) mass is 318 g/mol. The molecule has 1 N–H and O–H groups in total. The Morgan fingerprint density at radius 2 is 1.87 bits per heavy atom. The molecule has 0 radical (unpaired) electrons. The molecule has 2 fully saturated rings. The number of nitrogens with one attached hydrogen (secondary N) is 1. The molecule has 0 bridgehead atoms. The molecule has 23 heavy (non-hydrogen) atoms. The normalized spacial score (nSPS) is 23.3. The first-order chi connectivity index (χ1) is 11.1. The van der Waals surface area contributed by atoms with E-state index in [1.165, 1.54) is 31.5 Å². The Balaban J connectivity index is 1.60. The van der Waals surface area contributed by atoms with Crippen LogP contribution in [0.1, 0.15) is 38.2 Å². The van der Waals surface area contributed by atoms with Crippen molar-refractivity contribution in [2.45, 2.75) is 44.2 Å². The number of hydrogen-bond acceptors (Lipinski definition) is 4. The Hall–Kier alpha value is -1.10. The van der Waals surface area contributed by atoms with Crippen LogP contribution in [0.25, 0.3) is 0 Å². The van der Waals surface area contributed by atoms with E-state index in [0.29, 0.717) is 25.2 Å². The fourth-order valence-corrected chi connectivity index (χ4v) is 3.55. The van der Waals surface area contributed by atoms with E-state index in [9.17, 15) is 0 Å². The van der Waals surface area contributed by atoms with Gasteiger partial charge in [0.25, 0.3) is 0 Å². The van der Waals surface area contributed by atoms with Crippen LogP contribution in [-0.4, -0.2) is 56.4 Å². The summed E-state index contributed by atoms with van der Waals surface area (Å²) < 4.78 is 11.3. The van der Waals surface area contributed by atoms with Crippen molar-refractivity contribution in [3.8, 4) is 5.75 Å². The third-order valence-corrected chi connectivity index (χ3v) is 5.21. The van der Waals surface area contributed by atoms with Crippen molar-refractivity contribution >= 4 is 0 Å². The Bertz CT molecular complexity index is 493. The summed E-state index contributed by atoms with van der Waals surface area (Å²) >= 11 is 0. The highest BCUT2D eigenvalue weighted by Gasteiger charge is 2.35. The van der Waals surface area contributed by atoms with E-state index in [2.05, 4.69) is 55.4 Å². The van der Waals surface area contributed by atoms with E-state index >= 15 is 0 Å². The van der Waals surface area contributed by atoms with Crippen LogP contribution in [0.2, 0.25) is 0 Å². The molecule has 0 spiro atoms. The molecule has 2 atom stereocenters. The Morgan fingerprint density at radius 1 is 1.22 bits per heavy atom. The van der Waals surface area contributed by atoms with E-state index in [1.54, 1.807) is 0 Å². The summed E-state index contributed by atoms with van der Waals surface area (Å²) in [7, 11) is 2.08. The number of likely N-dealkylation sites (N-methyl/N-ethyl adjacent to an activating group) is 1. The van der Waals surface area contributed by atoms with Crippen LogP contribution in [0.5, 0.6) is 5.75 Å². The first-order valence-electron chi connectivity index (χ1n) is 8.86. The molecule has 2 heterocycles. The molecule has 128 valence electrons. The molecule has 0 saturated carbocycles. The summed E-state index contributed by atoms with van der Waals surface area (Å²) in [5.41, 5.74) is 1.22. The van der Waals surface area contributed by atoms with Crippen molar-refractivity contribution in [3.63, 3.8) is 0 Å². The number of likely N-dealkylation sites (tertiary alicyclic amines) is 1. The van der Waals surface area contributed by atoms with Gasteiger partial charge in [0.05, 0.1) is 13.2 Å². The smallest absolute Gasteiger partial charge is 0.152 e. The number of benzene rings is 1. The maximum atomic E-state index is 6.02. The second-order valence-electron chi connectivity index (χ2n) is 7.31. The second-order valence-corrected chi connectivity index (χ2v) is 7.31. The van der Waals surface area contributed by atoms with Gasteiger partial charge in [-0.1, -0.05) is 19.1 Å². The molecule has 2 aliphatic rings. The lowest BCUT2D eigenvalue weighted by molar-refractivity contribution is -0.149. The van der Waals surface area contributed by atoms with Crippen LogP contribution in [0.3, 0.4) is 0 Å². The van der Waals surface area contributed by atoms with Gasteiger partial charge in [-0.15, -0.1) is 0 Å². The molecular weight excluding hydrogens is 288 g/mol. The van der Waals surface area contributed by atoms with Gasteiger partial charge in [0.15, 0.2) is 5.60 Å². The van der Waals surface area contributed by atoms with Crippen molar-refractivity contribution in [2.24, 2.45) is 0 Å². The van der Waals surface area contributed by atoms with Gasteiger partial charge in [0.2, 0.25) is 0 Å². The lowest BCUT2D eigenvalue weighted by Crippen LogP contribution is -2.51. The van der Waals surface area contributed by atoms with Gasteiger partial charge in [-0.2, -0.15) is 0 Å². The maximum absolute atomic E-state index is 6.02. The molecule has 2 aliphatic heterocycles. The molecule has 0 aromatic heterocycles. The quantitative estimate of drug-likeness (QED) is 0.838. The minimum atomic E-state index is -0.142. The molecule has 1 aromatic rings. The minimum Gasteiger partial charge on any atom is -0.483 e. The largest absolute Gasteiger partial charge is 0.483 e. The van der Waals surface area contributed by atoms with E-state index in [0.717, 1.165) is 12.3 Å². The highest BCUT2D eigenvalue weighted by Crippen LogP contribution is 2.28. The van der Waals surface area contributed by atoms with Crippen LogP contribution < -0.4 is 10.1 Å². The van der Waals surface area contributed by atoms with Gasteiger partial charge in [-0.25, -0.2) is 0 Å². The molecule has 4 nitrogen and oxygen atoms in total. The highest BCUT2D eigenvalue weighted by molar-refractivity contribution is 5.30. The molecule has 3 rings (SSSR count). The predicted octanol–water partition coefficient (Wildman–Crippen LogP) is 2.64. The summed E-state index contributed by atoms with van der Waals surface area (Å²) in [5, 5.41) is 3.51. The standard InChI is InChI=1S/C19H30N2O2/c1-15(18(20-3)12-21-10-4-5-11-21)16-6-8-17(9-7-16)23-19(2)13-22-14-19/h6-9,15,18,20H,4-5,10-14H2,1-3H3. The van der Waals surface area contributed by atoms with Gasteiger partial charge in [0.1, 0.15) is 5.75 Å². The summed E-state index contributed by atoms with van der Waals surface area (Å²) in [6.07, 6.45) is 2.69. The fourth-order valence-electron chi connectivity index (χ4n) is 3.55. The summed E-state index contributed by atoms with van der Waals surface area (Å²) in [5.74, 6) is 1.42. The van der Waals surface area contributed by atoms with Gasteiger partial charge in [-0.3, -0.25) is 0 Å². The number of ether oxygens (including phenoxy) is 2. The number of hydrogen-bond donors (Lipinski definition) is 1. The van der Waals surface area contributed by atoms with Crippen LogP contribution in [0, 0.1) is 0 Å². The number of nitrogens with zero attached hydrogens (tertiary/aromatic N) is 1. The van der Waals surface area contributed by atoms with Gasteiger partial charge >= 0.3 is 0 Å². The first kappa shape index (κ1) is 16.7. The second kappa shape index (κ2) is 7.20. The van der Waals surface area contributed by atoms with Gasteiger partial charge < -0.3 is 19.7 Å². The molecular formula is C19H30N2O2. The summed E-state index contributed by atoms with van der Waals surface area (Å²) in [4.78, 5) is 2.58. The average molecular weight is 318 g/mol. The zero-order valence-corrected chi connectivity index (χ0v) is 14.7. The topological polar surface area (TPSA) is 33.7 Å². The minimum absolute atomic E-state index is 0.142. The van der Waals surface area contributed by atoms with Crippen molar-refractivity contribution in [1.82, 2.24) is 10.2 Å². The fraction of sp³-hybridized carbons (Fsp3) is 0.684. The van der Waals surface area contributed by atoms with Crippen LogP contribution in [-0.2, 0) is 4.74 Å². The Morgan fingerprint density at radius 3 is 2.39 bits per heavy atom. The number of rotatable bonds is 7. The van der Waals surface area contributed by atoms with Gasteiger partial charge in [-0.05, 0) is 63.5 Å². The van der Waals surface area contributed by atoms with Crippen molar-refractivity contribution < 1.29 is 9.47 Å². The summed E-state index contributed by atoms with van der Waals surface area (Å²) in [6.45, 7) is 9.40. The predicted molar refractivity (Wildman–Crippen MR) is 93.2 cm³/mol. The lowest BCUT2D eigenvalue weighted by Gasteiger charge is -2.38. The molecule has 4 heteroatoms. The van der Waals surface area contributed by atoms with E-state index < -0.39 is 0 Å². The van der Waals surface area contributed by atoms with Crippen LogP contribution in [0.15, 0.2) is 24.3 Å². The molecule has 0 aliphatic carbocycles. The molecule has 2 saturated heterocycles. The van der Waals surface area contributed by atoms with Crippen molar-refractivity contribution in [1.29, 1.82) is 0 Å². The third-order valence-electron chi connectivity index (χ3n) is 5.21. The lowest BCUT2D eigenvalue weighted by atomic mass is 9.93. The van der Waals surface area contributed by atoms with E-state index in [-0.39, 0.29) is 5.60 Å². The Kier molecular flexibility index (Phi) is 5.24. The van der Waals surface area contributed by atoms with Gasteiger partial charge in [0, 0.05) is 12.6 Å². The molecule has 1 aromatic carbocycles.